The van der Waals surface area contributed by atoms with Crippen molar-refractivity contribution in [3.05, 3.63) is 0 Å². The molecular weight excluding hydrogens is 366 g/mol. The number of aliphatic carboxylic acids is 2. The Morgan fingerprint density at radius 1 is 0.552 bits per heavy atom. The molecule has 0 spiro atoms. The number of carboxylic acid groups (broad SMARTS) is 2. The van der Waals surface area contributed by atoms with Crippen molar-refractivity contribution in [3.63, 3.8) is 0 Å². The highest BCUT2D eigenvalue weighted by Crippen LogP contribution is 2.13. The van der Waals surface area contributed by atoms with Gasteiger partial charge in [0.2, 0.25) is 0 Å². The van der Waals surface area contributed by atoms with E-state index < -0.39 is 18.4 Å². The Hall–Kier alpha value is -1.10. The van der Waals surface area contributed by atoms with Gasteiger partial charge in [0, 0.05) is 0 Å². The molecular formula is C24H50NO4+. The summed E-state index contributed by atoms with van der Waals surface area (Å²) in [7, 11) is 6.89. The van der Waals surface area contributed by atoms with Crippen LogP contribution in [0.25, 0.3) is 0 Å². The molecule has 2 N–H and O–H groups in total. The minimum Gasteiger partial charge on any atom is -0.481 e. The Morgan fingerprint density at radius 3 is 1.03 bits per heavy atom. The monoisotopic (exact) mass is 416 g/mol. The van der Waals surface area contributed by atoms with Gasteiger partial charge in [-0.05, 0) is 12.8 Å². The number of quaternary nitrogens is 1. The molecule has 0 heterocycles. The predicted molar refractivity (Wildman–Crippen MR) is 122 cm³/mol. The molecule has 0 aliphatic carbocycles. The van der Waals surface area contributed by atoms with Gasteiger partial charge in [-0.1, -0.05) is 96.8 Å². The summed E-state index contributed by atoms with van der Waals surface area (Å²) in [6.07, 6.45) is 22.6. The summed E-state index contributed by atoms with van der Waals surface area (Å²) in [6, 6.07) is 0. The van der Waals surface area contributed by atoms with Crippen LogP contribution in [0.3, 0.4) is 0 Å². The summed E-state index contributed by atoms with van der Waals surface area (Å²) >= 11 is 0. The summed E-state index contributed by atoms with van der Waals surface area (Å²) in [5.41, 5.74) is 0. The minimum absolute atomic E-state index is 0.806. The molecule has 0 rings (SSSR count). The van der Waals surface area contributed by atoms with E-state index in [-0.39, 0.29) is 0 Å². The third-order valence-electron chi connectivity index (χ3n) is 4.98. The predicted octanol–water partition coefficient (Wildman–Crippen LogP) is 6.50. The largest absolute Gasteiger partial charge is 0.481 e. The summed E-state index contributed by atoms with van der Waals surface area (Å²) in [4.78, 5) is 18.9. The van der Waals surface area contributed by atoms with Gasteiger partial charge in [-0.15, -0.1) is 0 Å². The van der Waals surface area contributed by atoms with E-state index in [4.69, 9.17) is 10.2 Å². The van der Waals surface area contributed by atoms with Crippen molar-refractivity contribution >= 4 is 11.9 Å². The SMILES string of the molecule is CCCCCCCCCCCCCCCCCC[N+](C)(C)C.O=C(O)CC(=O)O. The van der Waals surface area contributed by atoms with E-state index in [1.54, 1.807) is 0 Å². The Bertz CT molecular complexity index is 366. The summed E-state index contributed by atoms with van der Waals surface area (Å²) < 4.78 is 1.12. The van der Waals surface area contributed by atoms with Crippen LogP contribution in [-0.4, -0.2) is 54.3 Å². The van der Waals surface area contributed by atoms with Gasteiger partial charge in [0.1, 0.15) is 6.42 Å². The average Bonchev–Trinajstić information content (AvgIpc) is 2.60. The first kappa shape index (κ1) is 30.1. The Morgan fingerprint density at radius 2 is 0.828 bits per heavy atom. The van der Waals surface area contributed by atoms with Gasteiger partial charge in [-0.25, -0.2) is 0 Å². The van der Waals surface area contributed by atoms with E-state index in [1.807, 2.05) is 0 Å². The molecule has 0 saturated heterocycles. The number of rotatable bonds is 19. The van der Waals surface area contributed by atoms with Crippen molar-refractivity contribution in [3.8, 4) is 0 Å². The van der Waals surface area contributed by atoms with Crippen LogP contribution in [0.15, 0.2) is 0 Å². The van der Waals surface area contributed by atoms with Crippen LogP contribution in [-0.2, 0) is 9.59 Å². The molecule has 0 aromatic carbocycles. The van der Waals surface area contributed by atoms with Crippen molar-refractivity contribution in [2.24, 2.45) is 0 Å². The van der Waals surface area contributed by atoms with Crippen molar-refractivity contribution < 1.29 is 24.3 Å². The molecule has 0 unspecified atom stereocenters. The standard InChI is InChI=1S/C21H46N.C3H4O4/c1-5-6-7-8-9-10-11-12-13-14-15-16-17-18-19-20-21-22(2,3)4;4-2(5)1-3(6)7/h5-21H2,1-4H3;1H2,(H,4,5)(H,6,7)/q+1;. The number of nitrogens with zero attached hydrogens (tertiary/aromatic N) is 1. The van der Waals surface area contributed by atoms with Gasteiger partial charge in [0.15, 0.2) is 0 Å². The second-order valence-corrected chi connectivity index (χ2v) is 9.28. The van der Waals surface area contributed by atoms with E-state index in [9.17, 15) is 9.59 Å². The number of hydrogen-bond acceptors (Lipinski definition) is 2. The maximum atomic E-state index is 9.43. The first-order valence-electron chi connectivity index (χ1n) is 11.9. The Kier molecular flexibility index (Phi) is 22.4. The Balaban J connectivity index is 0. The van der Waals surface area contributed by atoms with Crippen LogP contribution in [0.5, 0.6) is 0 Å². The van der Waals surface area contributed by atoms with E-state index in [0.717, 1.165) is 4.48 Å². The molecule has 0 amide bonds. The average molecular weight is 417 g/mol. The number of carboxylic acids is 2. The lowest BCUT2D eigenvalue weighted by Gasteiger charge is -2.23. The Labute approximate surface area is 180 Å². The summed E-state index contributed by atoms with van der Waals surface area (Å²) in [6.45, 7) is 3.63. The molecule has 0 aliphatic heterocycles. The zero-order chi connectivity index (χ0) is 22.4. The van der Waals surface area contributed by atoms with Crippen molar-refractivity contribution in [1.29, 1.82) is 0 Å². The molecule has 5 nitrogen and oxygen atoms in total. The normalized spacial score (nSPS) is 11.0. The smallest absolute Gasteiger partial charge is 0.314 e. The van der Waals surface area contributed by atoms with Gasteiger partial charge in [0.25, 0.3) is 0 Å². The number of hydrogen-bond donors (Lipinski definition) is 2. The fourth-order valence-corrected chi connectivity index (χ4v) is 3.26. The zero-order valence-corrected chi connectivity index (χ0v) is 19.9. The van der Waals surface area contributed by atoms with Crippen LogP contribution in [0.2, 0.25) is 0 Å². The second-order valence-electron chi connectivity index (χ2n) is 9.28. The van der Waals surface area contributed by atoms with Crippen molar-refractivity contribution in [2.45, 2.75) is 116 Å². The van der Waals surface area contributed by atoms with Gasteiger partial charge in [0.05, 0.1) is 27.7 Å². The minimum atomic E-state index is -1.31. The lowest BCUT2D eigenvalue weighted by Crippen LogP contribution is -2.35. The highest BCUT2D eigenvalue weighted by molar-refractivity contribution is 5.88. The molecule has 0 aromatic heterocycles. The van der Waals surface area contributed by atoms with Gasteiger partial charge < -0.3 is 14.7 Å². The molecule has 0 radical (unpaired) electrons. The van der Waals surface area contributed by atoms with E-state index in [1.165, 1.54) is 109 Å². The molecule has 0 saturated carbocycles. The molecule has 29 heavy (non-hydrogen) atoms. The lowest BCUT2D eigenvalue weighted by atomic mass is 10.0. The van der Waals surface area contributed by atoms with Gasteiger partial charge in [-0.3, -0.25) is 9.59 Å². The lowest BCUT2D eigenvalue weighted by molar-refractivity contribution is -0.870. The second kappa shape index (κ2) is 21.6. The van der Waals surface area contributed by atoms with Gasteiger partial charge >= 0.3 is 11.9 Å². The molecule has 5 heteroatoms. The molecule has 0 aromatic rings. The molecule has 0 atom stereocenters. The fourth-order valence-electron chi connectivity index (χ4n) is 3.26. The first-order chi connectivity index (χ1) is 13.7. The van der Waals surface area contributed by atoms with Crippen molar-refractivity contribution in [1.82, 2.24) is 0 Å². The van der Waals surface area contributed by atoms with Crippen LogP contribution >= 0.6 is 0 Å². The van der Waals surface area contributed by atoms with Gasteiger partial charge in [-0.2, -0.15) is 0 Å². The topological polar surface area (TPSA) is 74.6 Å². The van der Waals surface area contributed by atoms with Crippen LogP contribution in [0.4, 0.5) is 0 Å². The van der Waals surface area contributed by atoms with E-state index >= 15 is 0 Å². The quantitative estimate of drug-likeness (QED) is 0.143. The maximum absolute atomic E-state index is 9.43. The van der Waals surface area contributed by atoms with Crippen molar-refractivity contribution in [2.75, 3.05) is 27.7 Å². The van der Waals surface area contributed by atoms with E-state index in [2.05, 4.69) is 28.1 Å². The molecule has 0 aliphatic rings. The molecule has 174 valence electrons. The zero-order valence-electron chi connectivity index (χ0n) is 19.9. The first-order valence-corrected chi connectivity index (χ1v) is 11.9. The maximum Gasteiger partial charge on any atom is 0.314 e. The highest BCUT2D eigenvalue weighted by atomic mass is 16.4. The third-order valence-corrected chi connectivity index (χ3v) is 4.98. The summed E-state index contributed by atoms with van der Waals surface area (Å²) in [5.74, 6) is -2.62. The number of carbonyl (C=O) groups is 2. The van der Waals surface area contributed by atoms with Crippen LogP contribution in [0.1, 0.15) is 116 Å². The molecule has 0 fully saturated rings. The third kappa shape index (κ3) is 34.8. The summed E-state index contributed by atoms with van der Waals surface area (Å²) in [5, 5.41) is 15.4. The van der Waals surface area contributed by atoms with E-state index in [0.29, 0.717) is 0 Å². The highest BCUT2D eigenvalue weighted by Gasteiger charge is 2.05. The molecule has 0 bridgehead atoms. The number of unbranched alkanes of at least 4 members (excludes halogenated alkanes) is 15. The fraction of sp³-hybridized carbons (Fsp3) is 0.917. The van der Waals surface area contributed by atoms with Crippen LogP contribution < -0.4 is 0 Å². The van der Waals surface area contributed by atoms with Crippen LogP contribution in [0, 0.1) is 0 Å².